The number of nitrogen functional groups attached to an aromatic ring is 3. The summed E-state index contributed by atoms with van der Waals surface area (Å²) in [5, 5.41) is 32.5. The maximum Gasteiger partial charge on any atom is 0.573 e. The number of aliphatic hydroxyl groups is 2. The molecular weight excluding hydrogens is 1240 g/mol. The van der Waals surface area contributed by atoms with Gasteiger partial charge >= 0.3 is 18.9 Å². The van der Waals surface area contributed by atoms with Crippen LogP contribution in [0.4, 0.5) is 61.4 Å². The van der Waals surface area contributed by atoms with Gasteiger partial charge in [0.25, 0.3) is 0 Å². The molecule has 6 aromatic heterocycles. The minimum Gasteiger partial charge on any atom is -0.402 e. The number of aliphatic hydroxyl groups excluding tert-OH is 2. The number of hydrogen-bond acceptors (Lipinski definition) is 16. The lowest BCUT2D eigenvalue weighted by Crippen LogP contribution is -2.53. The number of halogens is 10. The fraction of sp³-hybridized carbons (Fsp3) is 0.631. The van der Waals surface area contributed by atoms with Crippen LogP contribution in [0.2, 0.25) is 0 Å². The molecule has 29 heteroatoms. The molecule has 0 aromatic carbocycles. The Bertz CT molecular complexity index is 3530. The van der Waals surface area contributed by atoms with E-state index in [0.29, 0.717) is 130 Å². The van der Waals surface area contributed by atoms with Gasteiger partial charge in [0.2, 0.25) is 0 Å². The van der Waals surface area contributed by atoms with Crippen molar-refractivity contribution in [3.05, 3.63) is 77.6 Å². The molecule has 0 bridgehead atoms. The van der Waals surface area contributed by atoms with E-state index in [1.165, 1.54) is 30.7 Å². The SMILES string of the molecule is CC(C)n1nc(-c2cnc(N)c(C(F)(F)F)c2)cc1C1[C@H]2CC(N3CC(F)C3)C[C@@H]12.CC(C)n1nc(-c2cnc(N)c(OC(F)(F)F)c2)cc1C1[C@H]2CC(N3CC(CO)C3)C[C@@H]12.CC(C)n1nc(-c2cnc(N)c(OC(F)(F)F)c2)cc1C1[C@H]2CC(N3CC(CO)C3)C[C@@H]12. The first kappa shape index (κ1) is 65.8. The van der Waals surface area contributed by atoms with E-state index in [4.69, 9.17) is 27.4 Å². The van der Waals surface area contributed by atoms with Crippen molar-refractivity contribution in [1.82, 2.24) is 59.0 Å². The topological polar surface area (TPSA) is 239 Å². The van der Waals surface area contributed by atoms with Crippen LogP contribution in [-0.2, 0) is 6.18 Å². The Morgan fingerprint density at radius 3 is 1.03 bits per heavy atom. The van der Waals surface area contributed by atoms with E-state index < -0.39 is 48.0 Å². The Balaban J connectivity index is 0.000000128. The zero-order valence-electron chi connectivity index (χ0n) is 53.1. The third-order valence-corrected chi connectivity index (χ3v) is 21.3. The Morgan fingerprint density at radius 2 is 0.755 bits per heavy atom. The second-order valence-electron chi connectivity index (χ2n) is 28.4. The lowest BCUT2D eigenvalue weighted by atomic mass is 9.94. The number of aromatic nitrogens is 9. The van der Waals surface area contributed by atoms with Crippen molar-refractivity contribution >= 4 is 17.5 Å². The summed E-state index contributed by atoms with van der Waals surface area (Å²) in [6.45, 7) is 17.8. The molecule has 0 radical (unpaired) electrons. The lowest BCUT2D eigenvalue weighted by molar-refractivity contribution is -0.275. The summed E-state index contributed by atoms with van der Waals surface area (Å²) < 4.78 is 143. The van der Waals surface area contributed by atoms with Gasteiger partial charge in [0, 0.05) is 171 Å². The lowest BCUT2D eigenvalue weighted by Gasteiger charge is -2.43. The minimum absolute atomic E-state index is 0.0948. The predicted octanol–water partition coefficient (Wildman–Crippen LogP) is 11.1. The van der Waals surface area contributed by atoms with Gasteiger partial charge in [-0.1, -0.05) is 0 Å². The first-order chi connectivity index (χ1) is 44.4. The molecule has 15 rings (SSSR count). The number of hydrogen-bond donors (Lipinski definition) is 5. The van der Waals surface area contributed by atoms with Gasteiger partial charge in [-0.25, -0.2) is 19.3 Å². The van der Waals surface area contributed by atoms with Gasteiger partial charge < -0.3 is 36.9 Å². The molecule has 3 aliphatic heterocycles. The second kappa shape index (κ2) is 24.7. The molecule has 3 saturated heterocycles. The highest BCUT2D eigenvalue weighted by atomic mass is 19.4. The van der Waals surface area contributed by atoms with E-state index in [9.17, 15) is 54.1 Å². The van der Waals surface area contributed by atoms with Crippen LogP contribution < -0.4 is 26.7 Å². The van der Waals surface area contributed by atoms with Crippen molar-refractivity contribution < 1.29 is 63.6 Å². The Kier molecular flexibility index (Phi) is 17.3. The largest absolute Gasteiger partial charge is 0.573 e. The smallest absolute Gasteiger partial charge is 0.402 e. The fourth-order valence-electron chi connectivity index (χ4n) is 16.5. The Hall–Kier alpha value is -6.82. The van der Waals surface area contributed by atoms with Gasteiger partial charge in [-0.2, -0.15) is 28.5 Å². The molecule has 9 aliphatic rings. The highest BCUT2D eigenvalue weighted by Crippen LogP contribution is 2.67. The van der Waals surface area contributed by atoms with Crippen molar-refractivity contribution in [2.75, 3.05) is 69.7 Å². The zero-order valence-corrected chi connectivity index (χ0v) is 53.1. The van der Waals surface area contributed by atoms with Crippen LogP contribution >= 0.6 is 0 Å². The van der Waals surface area contributed by atoms with Crippen molar-refractivity contribution in [3.8, 4) is 45.3 Å². The predicted molar refractivity (Wildman–Crippen MR) is 328 cm³/mol. The Labute approximate surface area is 537 Å². The molecule has 19 nitrogen and oxygen atoms in total. The van der Waals surface area contributed by atoms with E-state index >= 15 is 0 Å². The maximum atomic E-state index is 13.2. The van der Waals surface area contributed by atoms with E-state index in [2.05, 4.69) is 71.9 Å². The highest BCUT2D eigenvalue weighted by Gasteiger charge is 2.62. The molecule has 6 saturated carbocycles. The van der Waals surface area contributed by atoms with Gasteiger partial charge in [-0.05, 0) is 152 Å². The minimum atomic E-state index is -4.84. The van der Waals surface area contributed by atoms with Gasteiger partial charge in [0.1, 0.15) is 12.0 Å². The quantitative estimate of drug-likeness (QED) is 0.0566. The van der Waals surface area contributed by atoms with E-state index in [1.807, 2.05) is 46.1 Å². The first-order valence-corrected chi connectivity index (χ1v) is 32.6. The van der Waals surface area contributed by atoms with Crippen molar-refractivity contribution in [2.24, 2.45) is 47.3 Å². The Morgan fingerprint density at radius 1 is 0.457 bits per heavy atom. The summed E-state index contributed by atoms with van der Waals surface area (Å²) in [4.78, 5) is 18.7. The van der Waals surface area contributed by atoms with E-state index in [1.54, 1.807) is 0 Å². The molecule has 6 unspecified atom stereocenters. The number of anilines is 3. The molecular formula is C65H81F10N15O4. The molecule has 510 valence electrons. The summed E-state index contributed by atoms with van der Waals surface area (Å²) in [5.41, 5.74) is 21.8. The van der Waals surface area contributed by atoms with Crippen LogP contribution in [0, 0.1) is 47.3 Å². The molecule has 9 heterocycles. The summed E-state index contributed by atoms with van der Waals surface area (Å²) in [6, 6.07) is 11.4. The number of nitrogens with zero attached hydrogens (tertiary/aromatic N) is 12. The van der Waals surface area contributed by atoms with Gasteiger partial charge in [-0.3, -0.25) is 28.7 Å². The van der Waals surface area contributed by atoms with Crippen LogP contribution in [-0.4, -0.2) is 159 Å². The molecule has 0 amide bonds. The molecule has 94 heavy (non-hydrogen) atoms. The van der Waals surface area contributed by atoms with E-state index in [-0.39, 0.29) is 43.0 Å². The monoisotopic (exact) mass is 1330 g/mol. The van der Waals surface area contributed by atoms with Gasteiger partial charge in [-0.15, -0.1) is 26.3 Å². The number of pyridine rings is 3. The number of alkyl halides is 10. The zero-order chi connectivity index (χ0) is 66.9. The molecule has 12 atom stereocenters. The number of ether oxygens (including phenoxy) is 2. The fourth-order valence-corrected chi connectivity index (χ4v) is 16.5. The number of nitrogens with two attached hydrogens (primary N) is 3. The number of fused-ring (bicyclic) bond motifs is 3. The normalized spacial score (nSPS) is 28.5. The van der Waals surface area contributed by atoms with Crippen molar-refractivity contribution in [2.45, 2.75) is 159 Å². The van der Waals surface area contributed by atoms with Crippen LogP contribution in [0.25, 0.3) is 33.8 Å². The summed E-state index contributed by atoms with van der Waals surface area (Å²) in [6.07, 6.45) is -3.99. The maximum absolute atomic E-state index is 13.2. The average Bonchev–Trinajstić information content (AvgIpc) is 1.57. The van der Waals surface area contributed by atoms with Crippen LogP contribution in [0.5, 0.6) is 11.5 Å². The van der Waals surface area contributed by atoms with Gasteiger partial charge in [0.05, 0.1) is 22.6 Å². The van der Waals surface area contributed by atoms with Crippen molar-refractivity contribution in [3.63, 3.8) is 0 Å². The second-order valence-corrected chi connectivity index (χ2v) is 28.4. The first-order valence-electron chi connectivity index (χ1n) is 32.6. The van der Waals surface area contributed by atoms with Crippen molar-refractivity contribution in [1.29, 1.82) is 0 Å². The van der Waals surface area contributed by atoms with Gasteiger partial charge in [0.15, 0.2) is 23.1 Å². The molecule has 0 spiro atoms. The third kappa shape index (κ3) is 13.2. The molecule has 9 fully saturated rings. The summed E-state index contributed by atoms with van der Waals surface area (Å²) in [7, 11) is 0. The molecule has 6 aromatic rings. The number of rotatable bonds is 16. The van der Waals surface area contributed by atoms with E-state index in [0.717, 1.165) is 87.9 Å². The van der Waals surface area contributed by atoms with Crippen LogP contribution in [0.1, 0.15) is 139 Å². The summed E-state index contributed by atoms with van der Waals surface area (Å²) in [5.74, 6) is 3.44. The average molecular weight is 1330 g/mol. The standard InChI is InChI=1S/2C22H28F3N5O2.C21H25F4N5/c2*1-11(2)30-18(20-15-4-14(5-16(15)20)29-8-12(9-29)10-31)6-17(28-30)13-3-19(21(26)27-7-13)32-22(23,24)25;1-10(2)30-18(19-14-4-13(5-15(14)19)29-8-12(22)9-29)6-17(28-30)11-3-16(21(23,24)25)20(26)27-7-11/h2*3,6-7,11-12,14-16,20,31H,4-5,8-10H2,1-2H3,(H2,26,27);3,6-7,10,12-15,19H,4-5,8-9H2,1-2H3,(H2,26,27)/t2*14?,15-,16+,20?;13?,14-,15+,19?. The molecule has 8 N–H and O–H groups in total. The van der Waals surface area contributed by atoms with Crippen LogP contribution in [0.15, 0.2) is 55.0 Å². The molecule has 6 aliphatic carbocycles. The van der Waals surface area contributed by atoms with Crippen LogP contribution in [0.3, 0.4) is 0 Å². The summed E-state index contributed by atoms with van der Waals surface area (Å²) >= 11 is 0. The third-order valence-electron chi connectivity index (χ3n) is 21.3. The highest BCUT2D eigenvalue weighted by molar-refractivity contribution is 5.66. The number of likely N-dealkylation sites (tertiary alicyclic amines) is 3.